The molecular formula is C31H36FNO4. The van der Waals surface area contributed by atoms with Gasteiger partial charge < -0.3 is 19.5 Å². The normalized spacial score (nSPS) is 18.4. The van der Waals surface area contributed by atoms with Crippen molar-refractivity contribution in [3.05, 3.63) is 95.3 Å². The third kappa shape index (κ3) is 7.10. The molecule has 0 aromatic heterocycles. The van der Waals surface area contributed by atoms with Crippen LogP contribution in [0.15, 0.2) is 72.8 Å². The van der Waals surface area contributed by atoms with E-state index in [-0.39, 0.29) is 23.6 Å². The van der Waals surface area contributed by atoms with Crippen molar-refractivity contribution >= 4 is 11.7 Å². The van der Waals surface area contributed by atoms with E-state index in [1.807, 2.05) is 83.1 Å². The van der Waals surface area contributed by atoms with E-state index in [2.05, 4.69) is 5.32 Å². The minimum absolute atomic E-state index is 0.202. The molecule has 3 aromatic carbocycles. The number of anilines is 1. The van der Waals surface area contributed by atoms with Crippen molar-refractivity contribution in [2.75, 3.05) is 5.32 Å². The highest BCUT2D eigenvalue weighted by Gasteiger charge is 2.47. The van der Waals surface area contributed by atoms with Crippen LogP contribution in [0.1, 0.15) is 63.8 Å². The van der Waals surface area contributed by atoms with Gasteiger partial charge in [-0.05, 0) is 60.7 Å². The Bertz CT molecular complexity index is 1200. The molecular weight excluding hydrogens is 469 g/mol. The van der Waals surface area contributed by atoms with Gasteiger partial charge in [0.1, 0.15) is 23.3 Å². The maximum absolute atomic E-state index is 13.3. The fourth-order valence-electron chi connectivity index (χ4n) is 4.41. The Kier molecular flexibility index (Phi) is 7.88. The molecule has 3 aromatic rings. The molecule has 37 heavy (non-hydrogen) atoms. The number of hydrogen-bond acceptors (Lipinski definition) is 5. The minimum atomic E-state index is -0.801. The summed E-state index contributed by atoms with van der Waals surface area (Å²) in [6, 6.07) is 22.2. The van der Waals surface area contributed by atoms with Crippen molar-refractivity contribution < 1.29 is 23.4 Å². The monoisotopic (exact) mass is 505 g/mol. The summed E-state index contributed by atoms with van der Waals surface area (Å²) in [6.45, 7) is 10.8. The van der Waals surface area contributed by atoms with Gasteiger partial charge in [-0.1, -0.05) is 63.2 Å². The van der Waals surface area contributed by atoms with Crippen LogP contribution in [0.5, 0.6) is 5.75 Å². The second-order valence-electron chi connectivity index (χ2n) is 11.3. The van der Waals surface area contributed by atoms with Gasteiger partial charge in [0, 0.05) is 17.8 Å². The van der Waals surface area contributed by atoms with Crippen LogP contribution in [0.2, 0.25) is 0 Å². The van der Waals surface area contributed by atoms with Gasteiger partial charge in [-0.2, -0.15) is 0 Å². The standard InChI is InChI=1S/C31H36FNO4/c1-30(2,3)18-27(34)36-29-28(35-20-22-9-7-6-8-10-22)25-17-24(15-16-26(25)37-31(29,4)5)33-19-21-11-13-23(32)14-12-21/h6-17,28-29,33H,18-20H2,1-5H3. The lowest BCUT2D eigenvalue weighted by atomic mass is 9.87. The summed E-state index contributed by atoms with van der Waals surface area (Å²) in [5, 5.41) is 3.39. The lowest BCUT2D eigenvalue weighted by Crippen LogP contribution is -2.52. The molecule has 0 radical (unpaired) electrons. The number of esters is 1. The van der Waals surface area contributed by atoms with Crippen molar-refractivity contribution in [1.82, 2.24) is 0 Å². The van der Waals surface area contributed by atoms with E-state index < -0.39 is 17.8 Å². The minimum Gasteiger partial charge on any atom is -0.483 e. The quantitative estimate of drug-likeness (QED) is 0.328. The van der Waals surface area contributed by atoms with E-state index in [1.165, 1.54) is 12.1 Å². The molecule has 5 nitrogen and oxygen atoms in total. The summed E-state index contributed by atoms with van der Waals surface area (Å²) in [7, 11) is 0. The van der Waals surface area contributed by atoms with E-state index in [0.29, 0.717) is 18.9 Å². The Morgan fingerprint density at radius 2 is 1.70 bits per heavy atom. The topological polar surface area (TPSA) is 56.8 Å². The van der Waals surface area contributed by atoms with Gasteiger partial charge in [0.15, 0.2) is 6.10 Å². The smallest absolute Gasteiger partial charge is 0.306 e. The largest absolute Gasteiger partial charge is 0.483 e. The molecule has 6 heteroatoms. The predicted octanol–water partition coefficient (Wildman–Crippen LogP) is 7.21. The van der Waals surface area contributed by atoms with Crippen molar-refractivity contribution in [3.8, 4) is 5.75 Å². The van der Waals surface area contributed by atoms with E-state index >= 15 is 0 Å². The maximum Gasteiger partial charge on any atom is 0.306 e. The van der Waals surface area contributed by atoms with Crippen LogP contribution >= 0.6 is 0 Å². The van der Waals surface area contributed by atoms with Crippen molar-refractivity contribution in [2.24, 2.45) is 5.41 Å². The third-order valence-corrected chi connectivity index (χ3v) is 6.26. The average Bonchev–Trinajstić information content (AvgIpc) is 2.83. The molecule has 1 N–H and O–H groups in total. The Morgan fingerprint density at radius 3 is 2.38 bits per heavy atom. The molecule has 0 saturated heterocycles. The lowest BCUT2D eigenvalue weighted by Gasteiger charge is -2.44. The number of carbonyl (C=O) groups is 1. The van der Waals surface area contributed by atoms with E-state index in [1.54, 1.807) is 12.1 Å². The Morgan fingerprint density at radius 1 is 1.00 bits per heavy atom. The van der Waals surface area contributed by atoms with E-state index in [4.69, 9.17) is 14.2 Å². The van der Waals surface area contributed by atoms with Crippen molar-refractivity contribution in [2.45, 2.75) is 72.0 Å². The number of nitrogens with one attached hydrogen (secondary N) is 1. The summed E-state index contributed by atoms with van der Waals surface area (Å²) >= 11 is 0. The molecule has 0 bridgehead atoms. The Labute approximate surface area is 219 Å². The SMILES string of the molecule is CC(C)(C)CC(=O)OC1C(OCc2ccccc2)c2cc(NCc3ccc(F)cc3)ccc2OC1(C)C. The third-order valence-electron chi connectivity index (χ3n) is 6.26. The van der Waals surface area contributed by atoms with Crippen molar-refractivity contribution in [1.29, 1.82) is 0 Å². The second kappa shape index (κ2) is 10.9. The molecule has 0 aliphatic carbocycles. The van der Waals surface area contributed by atoms with E-state index in [9.17, 15) is 9.18 Å². The molecule has 4 rings (SSSR count). The number of rotatable bonds is 8. The molecule has 0 spiro atoms. The molecule has 2 unspecified atom stereocenters. The van der Waals surface area contributed by atoms with Gasteiger partial charge in [-0.3, -0.25) is 4.79 Å². The zero-order valence-electron chi connectivity index (χ0n) is 22.2. The molecule has 0 saturated carbocycles. The van der Waals surface area contributed by atoms with Gasteiger partial charge in [0.05, 0.1) is 13.0 Å². The number of fused-ring (bicyclic) bond motifs is 1. The first-order valence-electron chi connectivity index (χ1n) is 12.7. The average molecular weight is 506 g/mol. The molecule has 1 aliphatic rings. The molecule has 0 amide bonds. The lowest BCUT2D eigenvalue weighted by molar-refractivity contribution is -0.187. The first-order valence-corrected chi connectivity index (χ1v) is 12.7. The summed E-state index contributed by atoms with van der Waals surface area (Å²) in [4.78, 5) is 12.9. The number of benzene rings is 3. The zero-order valence-corrected chi connectivity index (χ0v) is 22.2. The first-order chi connectivity index (χ1) is 17.5. The summed E-state index contributed by atoms with van der Waals surface area (Å²) < 4.78 is 32.2. The fourth-order valence-corrected chi connectivity index (χ4v) is 4.41. The van der Waals surface area contributed by atoms with Crippen LogP contribution in [-0.2, 0) is 27.4 Å². The predicted molar refractivity (Wildman–Crippen MR) is 143 cm³/mol. The number of halogens is 1. The summed E-state index contributed by atoms with van der Waals surface area (Å²) in [6.07, 6.45) is -0.891. The Balaban J connectivity index is 1.62. The number of hydrogen-bond donors (Lipinski definition) is 1. The van der Waals surface area contributed by atoms with Gasteiger partial charge in [-0.15, -0.1) is 0 Å². The molecule has 1 heterocycles. The van der Waals surface area contributed by atoms with Crippen molar-refractivity contribution in [3.63, 3.8) is 0 Å². The molecule has 2 atom stereocenters. The van der Waals surface area contributed by atoms with Crippen LogP contribution in [0.3, 0.4) is 0 Å². The number of ether oxygens (including phenoxy) is 3. The van der Waals surface area contributed by atoms with Crippen LogP contribution in [0.4, 0.5) is 10.1 Å². The fraction of sp³-hybridized carbons (Fsp3) is 0.387. The maximum atomic E-state index is 13.3. The van der Waals surface area contributed by atoms with E-state index in [0.717, 1.165) is 22.4 Å². The van der Waals surface area contributed by atoms with Gasteiger partial charge in [0.25, 0.3) is 0 Å². The first kappa shape index (κ1) is 26.7. The highest BCUT2D eigenvalue weighted by molar-refractivity contribution is 5.70. The van der Waals surface area contributed by atoms with Gasteiger partial charge >= 0.3 is 5.97 Å². The van der Waals surface area contributed by atoms with Gasteiger partial charge in [-0.25, -0.2) is 4.39 Å². The number of carbonyl (C=O) groups excluding carboxylic acids is 1. The zero-order chi connectivity index (χ0) is 26.6. The molecule has 1 aliphatic heterocycles. The molecule has 0 fully saturated rings. The summed E-state index contributed by atoms with van der Waals surface area (Å²) in [5.41, 5.74) is 2.66. The molecule has 196 valence electrons. The van der Waals surface area contributed by atoms with Crippen LogP contribution in [0.25, 0.3) is 0 Å². The second-order valence-corrected chi connectivity index (χ2v) is 11.3. The highest BCUT2D eigenvalue weighted by atomic mass is 19.1. The van der Waals surface area contributed by atoms with Gasteiger partial charge in [0.2, 0.25) is 0 Å². The van der Waals surface area contributed by atoms with Crippen LogP contribution in [0, 0.1) is 11.2 Å². The summed E-state index contributed by atoms with van der Waals surface area (Å²) in [5.74, 6) is 0.151. The Hall–Kier alpha value is -3.38. The van der Waals surface area contributed by atoms with Crippen LogP contribution in [-0.4, -0.2) is 17.7 Å². The highest BCUT2D eigenvalue weighted by Crippen LogP contribution is 2.45. The van der Waals surface area contributed by atoms with Crippen LogP contribution < -0.4 is 10.1 Å².